The van der Waals surface area contributed by atoms with Crippen molar-refractivity contribution in [3.63, 3.8) is 0 Å². The van der Waals surface area contributed by atoms with Crippen LogP contribution < -0.4 is 5.32 Å². The Morgan fingerprint density at radius 2 is 2.04 bits per heavy atom. The van der Waals surface area contributed by atoms with E-state index in [4.69, 9.17) is 0 Å². The Bertz CT molecular complexity index is 872. The summed E-state index contributed by atoms with van der Waals surface area (Å²) in [4.78, 5) is 0. The van der Waals surface area contributed by atoms with Crippen LogP contribution in [-0.4, -0.2) is 29.6 Å². The van der Waals surface area contributed by atoms with Crippen LogP contribution in [0.5, 0.6) is 0 Å². The molecule has 0 bridgehead atoms. The maximum absolute atomic E-state index is 4.61. The first-order chi connectivity index (χ1) is 11.0. The monoisotopic (exact) mass is 311 g/mol. The Hall–Kier alpha value is -2.44. The number of nitrogens with zero attached hydrogens (tertiary/aromatic N) is 6. The van der Waals surface area contributed by atoms with Crippen molar-refractivity contribution in [2.45, 2.75) is 45.6 Å². The molecule has 1 saturated carbocycles. The number of hydrogen-bond acceptors (Lipinski definition) is 5. The van der Waals surface area contributed by atoms with Gasteiger partial charge in [0.1, 0.15) is 6.33 Å². The Morgan fingerprint density at radius 1 is 1.26 bits per heavy atom. The zero-order valence-corrected chi connectivity index (χ0v) is 13.9. The highest BCUT2D eigenvalue weighted by atomic mass is 15.4. The minimum Gasteiger partial charge on any atom is -0.375 e. The summed E-state index contributed by atoms with van der Waals surface area (Å²) in [7, 11) is 1.98. The van der Waals surface area contributed by atoms with E-state index < -0.39 is 0 Å². The number of hydrogen-bond donors (Lipinski definition) is 1. The van der Waals surface area contributed by atoms with Crippen LogP contribution in [0.25, 0.3) is 5.65 Å². The maximum Gasteiger partial charge on any atom is 0.200 e. The van der Waals surface area contributed by atoms with Gasteiger partial charge in [0.2, 0.25) is 5.65 Å². The van der Waals surface area contributed by atoms with Gasteiger partial charge in [-0.1, -0.05) is 0 Å². The highest BCUT2D eigenvalue weighted by Crippen LogP contribution is 2.40. The molecule has 1 atom stereocenters. The molecule has 7 nitrogen and oxygen atoms in total. The summed E-state index contributed by atoms with van der Waals surface area (Å²) in [6, 6.07) is 2.26. The summed E-state index contributed by atoms with van der Waals surface area (Å²) in [5.74, 6) is 0.583. The van der Waals surface area contributed by atoms with Gasteiger partial charge >= 0.3 is 0 Å². The number of rotatable bonds is 4. The van der Waals surface area contributed by atoms with Crippen LogP contribution in [0.1, 0.15) is 54.4 Å². The molecule has 7 heteroatoms. The Kier molecular flexibility index (Phi) is 3.11. The molecule has 1 N–H and O–H groups in total. The fourth-order valence-corrected chi connectivity index (χ4v) is 3.25. The molecule has 3 aromatic rings. The standard InChI is InChI=1S/C16H21N7/c1-9(15-10(2)20-22(4)11(15)3)18-14-7-13(12-5-6-12)21-23-8-17-19-16(14)23/h7-9,12,18H,5-6H2,1-4H3. The van der Waals surface area contributed by atoms with Crippen molar-refractivity contribution in [1.82, 2.24) is 29.6 Å². The Balaban J connectivity index is 1.73. The third-order valence-corrected chi connectivity index (χ3v) is 4.65. The third kappa shape index (κ3) is 2.36. The number of anilines is 1. The first-order valence-corrected chi connectivity index (χ1v) is 8.02. The lowest BCUT2D eigenvalue weighted by molar-refractivity contribution is 0.728. The van der Waals surface area contributed by atoms with Crippen molar-refractivity contribution in [2.24, 2.45) is 7.05 Å². The average Bonchev–Trinajstić information content (AvgIpc) is 3.18. The number of fused-ring (bicyclic) bond motifs is 1. The summed E-state index contributed by atoms with van der Waals surface area (Å²) in [6.45, 7) is 6.30. The average molecular weight is 311 g/mol. The van der Waals surface area contributed by atoms with Crippen LogP contribution in [0.3, 0.4) is 0 Å². The largest absolute Gasteiger partial charge is 0.375 e. The zero-order chi connectivity index (χ0) is 16.1. The van der Waals surface area contributed by atoms with Gasteiger partial charge < -0.3 is 5.32 Å². The minimum absolute atomic E-state index is 0.138. The molecule has 0 aromatic carbocycles. The van der Waals surface area contributed by atoms with Gasteiger partial charge in [-0.3, -0.25) is 4.68 Å². The molecule has 23 heavy (non-hydrogen) atoms. The molecule has 0 spiro atoms. The highest BCUT2D eigenvalue weighted by molar-refractivity contribution is 5.67. The van der Waals surface area contributed by atoms with Crippen LogP contribution >= 0.6 is 0 Å². The fourth-order valence-electron chi connectivity index (χ4n) is 3.25. The second-order valence-electron chi connectivity index (χ2n) is 6.43. The lowest BCUT2D eigenvalue weighted by atomic mass is 10.1. The molecule has 4 rings (SSSR count). The van der Waals surface area contributed by atoms with Crippen LogP contribution in [0.2, 0.25) is 0 Å². The zero-order valence-electron chi connectivity index (χ0n) is 13.9. The van der Waals surface area contributed by atoms with E-state index in [1.807, 2.05) is 11.7 Å². The van der Waals surface area contributed by atoms with E-state index in [0.29, 0.717) is 5.92 Å². The van der Waals surface area contributed by atoms with Crippen molar-refractivity contribution < 1.29 is 0 Å². The van der Waals surface area contributed by atoms with Crippen LogP contribution in [-0.2, 0) is 7.05 Å². The van der Waals surface area contributed by atoms with Gasteiger partial charge in [0.15, 0.2) is 0 Å². The van der Waals surface area contributed by atoms with Gasteiger partial charge in [0.25, 0.3) is 0 Å². The van der Waals surface area contributed by atoms with Gasteiger partial charge in [-0.25, -0.2) is 0 Å². The normalized spacial score (nSPS) is 16.0. The van der Waals surface area contributed by atoms with Crippen LogP contribution in [0, 0.1) is 13.8 Å². The molecule has 1 unspecified atom stereocenters. The van der Waals surface area contributed by atoms with Crippen molar-refractivity contribution >= 4 is 11.3 Å². The second kappa shape index (κ2) is 5.04. The second-order valence-corrected chi connectivity index (χ2v) is 6.43. The van der Waals surface area contributed by atoms with E-state index in [2.05, 4.69) is 52.5 Å². The van der Waals surface area contributed by atoms with Crippen molar-refractivity contribution in [3.8, 4) is 0 Å². The number of aryl methyl sites for hydroxylation is 2. The van der Waals surface area contributed by atoms with Gasteiger partial charge in [0, 0.05) is 24.2 Å². The van der Waals surface area contributed by atoms with E-state index in [-0.39, 0.29) is 6.04 Å². The maximum atomic E-state index is 4.61. The first kappa shape index (κ1) is 14.2. The Morgan fingerprint density at radius 3 is 2.70 bits per heavy atom. The smallest absolute Gasteiger partial charge is 0.200 e. The number of aromatic nitrogens is 6. The minimum atomic E-state index is 0.138. The van der Waals surface area contributed by atoms with Gasteiger partial charge in [-0.05, 0) is 39.7 Å². The molecular formula is C16H21N7. The molecular weight excluding hydrogens is 290 g/mol. The topological polar surface area (TPSA) is 72.9 Å². The summed E-state index contributed by atoms with van der Waals surface area (Å²) >= 11 is 0. The van der Waals surface area contributed by atoms with E-state index in [0.717, 1.165) is 22.7 Å². The molecule has 3 heterocycles. The number of nitrogens with one attached hydrogen (secondary N) is 1. The van der Waals surface area contributed by atoms with E-state index in [1.165, 1.54) is 24.1 Å². The van der Waals surface area contributed by atoms with E-state index >= 15 is 0 Å². The molecule has 1 aliphatic rings. The molecule has 0 amide bonds. The van der Waals surface area contributed by atoms with Crippen LogP contribution in [0.15, 0.2) is 12.4 Å². The Labute approximate surface area is 134 Å². The SMILES string of the molecule is Cc1nn(C)c(C)c1C(C)Nc1cc(C2CC2)nn2cnnc12. The van der Waals surface area contributed by atoms with Gasteiger partial charge in [-0.15, -0.1) is 10.2 Å². The third-order valence-electron chi connectivity index (χ3n) is 4.65. The highest BCUT2D eigenvalue weighted by Gasteiger charge is 2.27. The fraction of sp³-hybridized carbons (Fsp3) is 0.500. The van der Waals surface area contributed by atoms with E-state index in [9.17, 15) is 0 Å². The molecule has 1 aliphatic carbocycles. The summed E-state index contributed by atoms with van der Waals surface area (Å²) < 4.78 is 3.70. The summed E-state index contributed by atoms with van der Waals surface area (Å²) in [5.41, 5.74) is 6.33. The molecule has 3 aromatic heterocycles. The quantitative estimate of drug-likeness (QED) is 0.801. The first-order valence-electron chi connectivity index (χ1n) is 8.02. The summed E-state index contributed by atoms with van der Waals surface area (Å²) in [5, 5.41) is 20.9. The summed E-state index contributed by atoms with van der Waals surface area (Å²) in [6.07, 6.45) is 4.10. The molecule has 1 fully saturated rings. The molecule has 120 valence electrons. The van der Waals surface area contributed by atoms with E-state index in [1.54, 1.807) is 10.8 Å². The van der Waals surface area contributed by atoms with Crippen molar-refractivity contribution in [3.05, 3.63) is 35.0 Å². The van der Waals surface area contributed by atoms with Gasteiger partial charge in [-0.2, -0.15) is 14.7 Å². The predicted octanol–water partition coefficient (Wildman–Crippen LogP) is 2.53. The molecule has 0 saturated heterocycles. The lowest BCUT2D eigenvalue weighted by Gasteiger charge is -2.17. The van der Waals surface area contributed by atoms with Gasteiger partial charge in [0.05, 0.1) is 23.1 Å². The lowest BCUT2D eigenvalue weighted by Crippen LogP contribution is -2.11. The van der Waals surface area contributed by atoms with Crippen molar-refractivity contribution in [1.29, 1.82) is 0 Å². The van der Waals surface area contributed by atoms with Crippen molar-refractivity contribution in [2.75, 3.05) is 5.32 Å². The molecule has 0 aliphatic heterocycles. The predicted molar refractivity (Wildman–Crippen MR) is 87.5 cm³/mol. The molecule has 0 radical (unpaired) electrons. The van der Waals surface area contributed by atoms with Crippen LogP contribution in [0.4, 0.5) is 5.69 Å².